The number of rotatable bonds is 3. The second-order valence-electron chi connectivity index (χ2n) is 8.11. The quantitative estimate of drug-likeness (QED) is 0.800. The molecule has 2 aliphatic heterocycles. The molecule has 0 aromatic carbocycles. The van der Waals surface area contributed by atoms with Gasteiger partial charge in [-0.3, -0.25) is 9.30 Å². The smallest absolute Gasteiger partial charge is 0.211 e. The average Bonchev–Trinajstić information content (AvgIpc) is 3.19. The molecule has 0 amide bonds. The molecule has 0 N–H and O–H groups in total. The van der Waals surface area contributed by atoms with Crippen LogP contribution in [0.1, 0.15) is 44.1 Å². The van der Waals surface area contributed by atoms with Crippen LogP contribution < -0.4 is 0 Å². The van der Waals surface area contributed by atoms with Crippen molar-refractivity contribution in [2.24, 2.45) is 0 Å². The van der Waals surface area contributed by atoms with Gasteiger partial charge in [-0.1, -0.05) is 6.92 Å². The molecule has 4 heterocycles. The number of nitrogens with zero attached hydrogens (tertiary/aromatic N) is 4. The van der Waals surface area contributed by atoms with Crippen molar-refractivity contribution in [2.75, 3.05) is 32.4 Å². The Morgan fingerprint density at radius 1 is 1.27 bits per heavy atom. The van der Waals surface area contributed by atoms with E-state index in [9.17, 15) is 8.42 Å². The van der Waals surface area contributed by atoms with Gasteiger partial charge in [-0.25, -0.2) is 17.7 Å². The summed E-state index contributed by atoms with van der Waals surface area (Å²) in [7, 11) is -3.06. The molecule has 0 saturated carbocycles. The highest BCUT2D eigenvalue weighted by molar-refractivity contribution is 7.88. The van der Waals surface area contributed by atoms with Crippen molar-refractivity contribution in [3.8, 4) is 0 Å². The maximum absolute atomic E-state index is 11.8. The first-order valence-electron chi connectivity index (χ1n) is 9.40. The van der Waals surface area contributed by atoms with Crippen molar-refractivity contribution in [1.82, 2.24) is 18.6 Å². The Morgan fingerprint density at radius 2 is 2.00 bits per heavy atom. The summed E-state index contributed by atoms with van der Waals surface area (Å²) in [4.78, 5) is 8.80. The zero-order valence-electron chi connectivity index (χ0n) is 15.8. The molecule has 0 aliphatic carbocycles. The Balaban J connectivity index is 1.52. The Hall–Kier alpha value is -0.960. The van der Waals surface area contributed by atoms with Gasteiger partial charge in [0.05, 0.1) is 11.9 Å². The van der Waals surface area contributed by atoms with E-state index in [1.165, 1.54) is 23.2 Å². The first kappa shape index (κ1) is 18.4. The minimum atomic E-state index is -3.06. The average molecular weight is 397 g/mol. The van der Waals surface area contributed by atoms with E-state index in [2.05, 4.69) is 34.7 Å². The van der Waals surface area contributed by atoms with Crippen molar-refractivity contribution < 1.29 is 8.42 Å². The Labute approximate surface area is 159 Å². The summed E-state index contributed by atoms with van der Waals surface area (Å²) in [6.07, 6.45) is 7.62. The number of imidazole rings is 1. The van der Waals surface area contributed by atoms with Gasteiger partial charge in [0.1, 0.15) is 10.7 Å². The third kappa shape index (κ3) is 3.21. The highest BCUT2D eigenvalue weighted by atomic mass is 32.2. The van der Waals surface area contributed by atoms with E-state index in [-0.39, 0.29) is 5.41 Å². The number of aromatic nitrogens is 2. The van der Waals surface area contributed by atoms with E-state index in [1.54, 1.807) is 15.6 Å². The minimum Gasteiger partial charge on any atom is -0.299 e. The van der Waals surface area contributed by atoms with Crippen LogP contribution in [-0.2, 0) is 15.4 Å². The lowest BCUT2D eigenvalue weighted by molar-refractivity contribution is 0.0789. The van der Waals surface area contributed by atoms with E-state index >= 15 is 0 Å². The molecular formula is C18H28N4O2S2. The predicted octanol–water partition coefficient (Wildman–Crippen LogP) is 2.48. The largest absolute Gasteiger partial charge is 0.299 e. The van der Waals surface area contributed by atoms with Crippen molar-refractivity contribution in [3.63, 3.8) is 0 Å². The number of piperidine rings is 2. The molecule has 4 rings (SSSR count). The number of sulfonamides is 1. The second-order valence-corrected chi connectivity index (χ2v) is 11.0. The third-order valence-corrected chi connectivity index (χ3v) is 8.31. The Bertz CT molecular complexity index is 896. The second kappa shape index (κ2) is 6.58. The fourth-order valence-corrected chi connectivity index (χ4v) is 6.58. The highest BCUT2D eigenvalue weighted by Gasteiger charge is 2.39. The topological polar surface area (TPSA) is 57.9 Å². The molecule has 0 bridgehead atoms. The molecule has 2 aromatic heterocycles. The fraction of sp³-hybridized carbons (Fsp3) is 0.722. The van der Waals surface area contributed by atoms with E-state index in [0.717, 1.165) is 38.2 Å². The van der Waals surface area contributed by atoms with E-state index in [0.29, 0.717) is 19.1 Å². The Morgan fingerprint density at radius 3 is 2.69 bits per heavy atom. The van der Waals surface area contributed by atoms with Gasteiger partial charge in [-0.05, 0) is 39.2 Å². The van der Waals surface area contributed by atoms with E-state index in [4.69, 9.17) is 4.98 Å². The van der Waals surface area contributed by atoms with Gasteiger partial charge in [0, 0.05) is 42.7 Å². The van der Waals surface area contributed by atoms with Crippen molar-refractivity contribution in [3.05, 3.63) is 23.1 Å². The molecule has 2 aromatic rings. The van der Waals surface area contributed by atoms with Gasteiger partial charge in [-0.15, -0.1) is 11.3 Å². The van der Waals surface area contributed by atoms with E-state index < -0.39 is 10.0 Å². The maximum atomic E-state index is 11.8. The van der Waals surface area contributed by atoms with E-state index in [1.807, 2.05) is 0 Å². The number of hydrogen-bond donors (Lipinski definition) is 0. The lowest BCUT2D eigenvalue weighted by Crippen LogP contribution is -2.52. The number of hydrogen-bond acceptors (Lipinski definition) is 5. The molecular weight excluding hydrogens is 368 g/mol. The molecule has 0 unspecified atom stereocenters. The molecule has 2 aliphatic rings. The van der Waals surface area contributed by atoms with Crippen LogP contribution >= 0.6 is 11.3 Å². The number of likely N-dealkylation sites (tertiary alicyclic amines) is 1. The first-order chi connectivity index (χ1) is 12.3. The van der Waals surface area contributed by atoms with Crippen LogP contribution in [0.25, 0.3) is 4.83 Å². The summed E-state index contributed by atoms with van der Waals surface area (Å²) in [6.45, 7) is 7.85. The van der Waals surface area contributed by atoms with Gasteiger partial charge in [0.15, 0.2) is 0 Å². The number of aryl methyl sites for hydroxylation is 1. The lowest BCUT2D eigenvalue weighted by atomic mass is 9.78. The monoisotopic (exact) mass is 396 g/mol. The van der Waals surface area contributed by atoms with Crippen molar-refractivity contribution >= 4 is 26.2 Å². The summed E-state index contributed by atoms with van der Waals surface area (Å²) < 4.78 is 27.4. The molecule has 8 heteroatoms. The van der Waals surface area contributed by atoms with Crippen LogP contribution in [0.4, 0.5) is 0 Å². The van der Waals surface area contributed by atoms with Gasteiger partial charge < -0.3 is 0 Å². The highest BCUT2D eigenvalue weighted by Crippen LogP contribution is 2.38. The van der Waals surface area contributed by atoms with Gasteiger partial charge in [0.2, 0.25) is 10.0 Å². The number of thiazole rings is 1. The van der Waals surface area contributed by atoms with Crippen LogP contribution in [0.5, 0.6) is 0 Å². The SMILES string of the molecule is Cc1nc([C@]2(C)CCCN(C3CCN(S(C)(=O)=O)CC3)C2)c2sccn12. The molecule has 144 valence electrons. The molecule has 1 atom stereocenters. The van der Waals surface area contributed by atoms with Gasteiger partial charge in [-0.2, -0.15) is 0 Å². The molecule has 2 saturated heterocycles. The first-order valence-corrected chi connectivity index (χ1v) is 12.1. The summed E-state index contributed by atoms with van der Waals surface area (Å²) in [6, 6.07) is 0.482. The fourth-order valence-electron chi connectivity index (χ4n) is 4.68. The van der Waals surface area contributed by atoms with Crippen LogP contribution in [0.15, 0.2) is 11.6 Å². The summed E-state index contributed by atoms with van der Waals surface area (Å²) in [5.41, 5.74) is 1.31. The maximum Gasteiger partial charge on any atom is 0.211 e. The van der Waals surface area contributed by atoms with Crippen molar-refractivity contribution in [2.45, 2.75) is 51.0 Å². The normalized spacial score (nSPS) is 27.3. The Kier molecular flexibility index (Phi) is 4.66. The van der Waals surface area contributed by atoms with Crippen LogP contribution in [0.3, 0.4) is 0 Å². The summed E-state index contributed by atoms with van der Waals surface area (Å²) in [5.74, 6) is 1.07. The predicted molar refractivity (Wildman–Crippen MR) is 105 cm³/mol. The standard InChI is InChI=1S/C18H28N4O2S2/c1-14-19-16(17-22(14)11-12-25-17)18(2)7-4-8-20(13-18)15-5-9-21(10-6-15)26(3,23)24/h11-12,15H,4-10,13H2,1-3H3/t18-/m1/s1. The van der Waals surface area contributed by atoms with Gasteiger partial charge in [0.25, 0.3) is 0 Å². The molecule has 2 fully saturated rings. The van der Waals surface area contributed by atoms with Crippen LogP contribution in [0, 0.1) is 6.92 Å². The van der Waals surface area contributed by atoms with Crippen molar-refractivity contribution in [1.29, 1.82) is 0 Å². The molecule has 6 nitrogen and oxygen atoms in total. The molecule has 0 spiro atoms. The van der Waals surface area contributed by atoms with Crippen LogP contribution in [-0.4, -0.2) is 65.5 Å². The lowest BCUT2D eigenvalue weighted by Gasteiger charge is -2.45. The summed E-state index contributed by atoms with van der Waals surface area (Å²) in [5, 5.41) is 2.14. The summed E-state index contributed by atoms with van der Waals surface area (Å²) >= 11 is 1.78. The van der Waals surface area contributed by atoms with Gasteiger partial charge >= 0.3 is 0 Å². The zero-order chi connectivity index (χ0) is 18.5. The minimum absolute atomic E-state index is 0.0661. The third-order valence-electron chi connectivity index (χ3n) is 6.14. The molecule has 0 radical (unpaired) electrons. The van der Waals surface area contributed by atoms with Crippen LogP contribution in [0.2, 0.25) is 0 Å². The molecule has 26 heavy (non-hydrogen) atoms. The number of fused-ring (bicyclic) bond motifs is 1. The zero-order valence-corrected chi connectivity index (χ0v) is 17.4.